The number of nitrogens with one attached hydrogen (secondary N) is 1. The smallest absolute Gasteiger partial charge is 0.212 e. The van der Waals surface area contributed by atoms with Crippen LogP contribution in [-0.4, -0.2) is 22.3 Å². The lowest BCUT2D eigenvalue weighted by Crippen LogP contribution is -2.02. The Labute approximate surface area is 178 Å². The van der Waals surface area contributed by atoms with Crippen LogP contribution in [0.25, 0.3) is 10.8 Å². The molecule has 0 aliphatic heterocycles. The molecule has 0 spiro atoms. The fraction of sp³-hybridized carbons (Fsp3) is 0.174. The van der Waals surface area contributed by atoms with E-state index >= 15 is 0 Å². The summed E-state index contributed by atoms with van der Waals surface area (Å²) in [5.74, 6) is 1.35. The molecule has 0 atom stereocenters. The average Bonchev–Trinajstić information content (AvgIpc) is 2.76. The minimum Gasteiger partial charge on any atom is -0.481 e. The summed E-state index contributed by atoms with van der Waals surface area (Å²) in [6.45, 7) is 2.14. The monoisotopic (exact) mass is 448 g/mol. The summed E-state index contributed by atoms with van der Waals surface area (Å²) in [6.07, 6.45) is 3.45. The fourth-order valence-corrected chi connectivity index (χ4v) is 3.92. The summed E-state index contributed by atoms with van der Waals surface area (Å²) in [6, 6.07) is 18.3. The summed E-state index contributed by atoms with van der Waals surface area (Å²) >= 11 is 3.64. The second-order valence-corrected chi connectivity index (χ2v) is 7.57. The topological polar surface area (TPSA) is 59.9 Å². The van der Waals surface area contributed by atoms with Crippen LogP contribution >= 0.6 is 15.9 Å². The van der Waals surface area contributed by atoms with Gasteiger partial charge in [0, 0.05) is 39.6 Å². The van der Waals surface area contributed by atoms with Crippen LogP contribution in [0, 0.1) is 0 Å². The van der Waals surface area contributed by atoms with E-state index in [1.165, 1.54) is 5.56 Å². The molecule has 2 aromatic heterocycles. The number of rotatable bonds is 6. The van der Waals surface area contributed by atoms with Crippen molar-refractivity contribution in [2.75, 3.05) is 12.4 Å². The van der Waals surface area contributed by atoms with E-state index in [-0.39, 0.29) is 0 Å². The van der Waals surface area contributed by atoms with E-state index in [0.717, 1.165) is 44.4 Å². The maximum absolute atomic E-state index is 5.13. The van der Waals surface area contributed by atoms with Gasteiger partial charge in [-0.15, -0.1) is 5.10 Å². The first-order chi connectivity index (χ1) is 14.2. The number of methoxy groups -OCH3 is 1. The molecule has 0 unspecified atom stereocenters. The zero-order valence-corrected chi connectivity index (χ0v) is 17.9. The van der Waals surface area contributed by atoms with Crippen molar-refractivity contribution >= 4 is 38.2 Å². The van der Waals surface area contributed by atoms with E-state index in [1.54, 1.807) is 7.11 Å². The third-order valence-corrected chi connectivity index (χ3v) is 5.58. The first kappa shape index (κ1) is 19.3. The van der Waals surface area contributed by atoms with Crippen LogP contribution in [0.4, 0.5) is 11.5 Å². The average molecular weight is 449 g/mol. The van der Waals surface area contributed by atoms with E-state index < -0.39 is 0 Å². The lowest BCUT2D eigenvalue weighted by atomic mass is 10.1. The molecule has 0 radical (unpaired) electrons. The molecular formula is C23H21BrN4O. The molecular weight excluding hydrogens is 428 g/mol. The van der Waals surface area contributed by atoms with E-state index in [4.69, 9.17) is 4.74 Å². The van der Waals surface area contributed by atoms with Gasteiger partial charge in [-0.3, -0.25) is 0 Å². The summed E-state index contributed by atoms with van der Waals surface area (Å²) in [4.78, 5) is 4.28. The zero-order chi connectivity index (χ0) is 20.2. The van der Waals surface area contributed by atoms with Crippen molar-refractivity contribution in [3.05, 3.63) is 82.1 Å². The first-order valence-corrected chi connectivity index (χ1v) is 10.3. The van der Waals surface area contributed by atoms with Gasteiger partial charge in [0.1, 0.15) is 0 Å². The van der Waals surface area contributed by atoms with Gasteiger partial charge in [0.2, 0.25) is 5.88 Å². The highest BCUT2D eigenvalue weighted by Crippen LogP contribution is 2.29. The highest BCUT2D eigenvalue weighted by Gasteiger charge is 2.11. The number of aryl methyl sites for hydroxylation is 1. The van der Waals surface area contributed by atoms with Gasteiger partial charge in [-0.05, 0) is 29.7 Å². The molecule has 2 aromatic carbocycles. The Bertz CT molecular complexity index is 1150. The largest absolute Gasteiger partial charge is 0.481 e. The minimum atomic E-state index is 0.601. The van der Waals surface area contributed by atoms with Gasteiger partial charge in [0.15, 0.2) is 5.82 Å². The summed E-state index contributed by atoms with van der Waals surface area (Å²) < 4.78 is 6.22. The predicted octanol–water partition coefficient (Wildman–Crippen LogP) is 5.69. The quantitative estimate of drug-likeness (QED) is 0.410. The molecule has 0 aliphatic rings. The Morgan fingerprint density at radius 3 is 2.52 bits per heavy atom. The second-order valence-electron chi connectivity index (χ2n) is 6.71. The van der Waals surface area contributed by atoms with Gasteiger partial charge < -0.3 is 10.1 Å². The zero-order valence-electron chi connectivity index (χ0n) is 16.3. The van der Waals surface area contributed by atoms with Gasteiger partial charge >= 0.3 is 0 Å². The predicted molar refractivity (Wildman–Crippen MR) is 120 cm³/mol. The van der Waals surface area contributed by atoms with Gasteiger partial charge in [-0.1, -0.05) is 59.3 Å². The second kappa shape index (κ2) is 8.57. The van der Waals surface area contributed by atoms with Gasteiger partial charge in [-0.25, -0.2) is 4.98 Å². The Morgan fingerprint density at radius 1 is 1.00 bits per heavy atom. The molecule has 2 heterocycles. The van der Waals surface area contributed by atoms with Gasteiger partial charge in [0.25, 0.3) is 0 Å². The number of nitrogens with zero attached hydrogens (tertiary/aromatic N) is 3. The lowest BCUT2D eigenvalue weighted by molar-refractivity contribution is 0.397. The molecule has 5 nitrogen and oxygen atoms in total. The van der Waals surface area contributed by atoms with Crippen molar-refractivity contribution in [2.45, 2.75) is 19.8 Å². The highest BCUT2D eigenvalue weighted by molar-refractivity contribution is 9.10. The van der Waals surface area contributed by atoms with E-state index in [1.807, 2.05) is 30.5 Å². The molecule has 4 aromatic rings. The molecule has 0 saturated heterocycles. The number of pyridine rings is 1. The van der Waals surface area contributed by atoms with Crippen LogP contribution in [0.3, 0.4) is 0 Å². The summed E-state index contributed by atoms with van der Waals surface area (Å²) in [5, 5.41) is 14.5. The summed E-state index contributed by atoms with van der Waals surface area (Å²) in [5.41, 5.74) is 4.22. The molecule has 6 heteroatoms. The molecule has 0 aliphatic carbocycles. The van der Waals surface area contributed by atoms with Crippen molar-refractivity contribution < 1.29 is 4.74 Å². The number of halogens is 1. The number of hydrogen-bond donors (Lipinski definition) is 1. The van der Waals surface area contributed by atoms with Crippen molar-refractivity contribution in [1.82, 2.24) is 15.2 Å². The molecule has 146 valence electrons. The van der Waals surface area contributed by atoms with Crippen molar-refractivity contribution in [2.24, 2.45) is 0 Å². The standard InChI is InChI=1S/C23H21BrN4O/c1-3-16-9-10-17(13-20(16)24)26-23-19-7-5-4-6-18(19)21(27-28-23)12-15-8-11-22(29-2)25-14-15/h4-11,13-14H,3,12H2,1-2H3,(H,26,28). The van der Waals surface area contributed by atoms with E-state index in [0.29, 0.717) is 12.3 Å². The number of anilines is 2. The number of ether oxygens (including phenoxy) is 1. The molecule has 29 heavy (non-hydrogen) atoms. The van der Waals surface area contributed by atoms with E-state index in [9.17, 15) is 0 Å². The third-order valence-electron chi connectivity index (χ3n) is 4.84. The van der Waals surface area contributed by atoms with Crippen LogP contribution in [0.5, 0.6) is 5.88 Å². The third kappa shape index (κ3) is 4.22. The Hall–Kier alpha value is -2.99. The van der Waals surface area contributed by atoms with Crippen molar-refractivity contribution in [3.8, 4) is 5.88 Å². The van der Waals surface area contributed by atoms with Crippen molar-refractivity contribution in [3.63, 3.8) is 0 Å². The number of fused-ring (bicyclic) bond motifs is 1. The van der Waals surface area contributed by atoms with Crippen LogP contribution in [0.1, 0.15) is 23.7 Å². The molecule has 4 rings (SSSR count). The maximum Gasteiger partial charge on any atom is 0.212 e. The first-order valence-electron chi connectivity index (χ1n) is 9.46. The summed E-state index contributed by atoms with van der Waals surface area (Å²) in [7, 11) is 1.61. The molecule has 1 N–H and O–H groups in total. The number of benzene rings is 2. The Kier molecular flexibility index (Phi) is 5.71. The Balaban J connectivity index is 1.66. The van der Waals surface area contributed by atoms with Crippen LogP contribution in [0.15, 0.2) is 65.3 Å². The molecule has 0 amide bonds. The molecule has 0 fully saturated rings. The highest BCUT2D eigenvalue weighted by atomic mass is 79.9. The van der Waals surface area contributed by atoms with Gasteiger partial charge in [-0.2, -0.15) is 5.10 Å². The fourth-order valence-electron chi connectivity index (χ4n) is 3.26. The van der Waals surface area contributed by atoms with Crippen LogP contribution in [0.2, 0.25) is 0 Å². The molecule has 0 saturated carbocycles. The maximum atomic E-state index is 5.13. The minimum absolute atomic E-state index is 0.601. The lowest BCUT2D eigenvalue weighted by Gasteiger charge is -2.12. The SMILES string of the molecule is CCc1ccc(Nc2nnc(Cc3ccc(OC)nc3)c3ccccc23)cc1Br. The Morgan fingerprint density at radius 2 is 1.83 bits per heavy atom. The van der Waals surface area contributed by atoms with E-state index in [2.05, 4.69) is 73.7 Å². The number of aromatic nitrogens is 3. The van der Waals surface area contributed by atoms with Crippen molar-refractivity contribution in [1.29, 1.82) is 0 Å². The van der Waals surface area contributed by atoms with Gasteiger partial charge in [0.05, 0.1) is 12.8 Å². The number of hydrogen-bond acceptors (Lipinski definition) is 5. The van der Waals surface area contributed by atoms with Crippen LogP contribution in [-0.2, 0) is 12.8 Å². The van der Waals surface area contributed by atoms with Crippen LogP contribution < -0.4 is 10.1 Å². The molecule has 0 bridgehead atoms. The normalized spacial score (nSPS) is 10.9.